The minimum atomic E-state index is 0.167. The Bertz CT molecular complexity index is 443. The molecule has 0 radical (unpaired) electrons. The van der Waals surface area contributed by atoms with Gasteiger partial charge in [0.15, 0.2) is 5.75 Å². The van der Waals surface area contributed by atoms with Gasteiger partial charge in [-0.15, -0.1) is 0 Å². The molecule has 1 aromatic heterocycles. The van der Waals surface area contributed by atoms with E-state index >= 15 is 0 Å². The fourth-order valence-corrected chi connectivity index (χ4v) is 1.43. The van der Waals surface area contributed by atoms with E-state index in [-0.39, 0.29) is 5.75 Å². The van der Waals surface area contributed by atoms with E-state index in [2.05, 4.69) is 0 Å². The second kappa shape index (κ2) is 2.69. The third-order valence-electron chi connectivity index (χ3n) is 2.14. The van der Waals surface area contributed by atoms with E-state index in [0.717, 1.165) is 16.7 Å². The molecule has 0 aliphatic heterocycles. The normalized spacial score (nSPS) is 10.6. The molecule has 3 nitrogen and oxygen atoms in total. The van der Waals surface area contributed by atoms with Crippen LogP contribution < -0.4 is 4.74 Å². The highest BCUT2D eigenvalue weighted by Gasteiger charge is 2.09. The third-order valence-corrected chi connectivity index (χ3v) is 2.14. The van der Waals surface area contributed by atoms with Crippen molar-refractivity contribution in [2.75, 3.05) is 7.11 Å². The van der Waals surface area contributed by atoms with Gasteiger partial charge in [0.25, 0.3) is 0 Å². The van der Waals surface area contributed by atoms with Crippen LogP contribution in [0.5, 0.6) is 11.5 Å². The van der Waals surface area contributed by atoms with Crippen molar-refractivity contribution in [2.24, 2.45) is 0 Å². The van der Waals surface area contributed by atoms with Crippen LogP contribution in [0.15, 0.2) is 22.8 Å². The van der Waals surface area contributed by atoms with Gasteiger partial charge in [-0.05, 0) is 19.1 Å². The van der Waals surface area contributed by atoms with E-state index in [1.54, 1.807) is 13.2 Å². The molecule has 0 fully saturated rings. The van der Waals surface area contributed by atoms with E-state index in [1.807, 2.05) is 13.0 Å². The minimum absolute atomic E-state index is 0.167. The summed E-state index contributed by atoms with van der Waals surface area (Å²) in [7, 11) is 1.61. The number of furan rings is 1. The topological polar surface area (TPSA) is 42.6 Å². The molecule has 0 saturated carbocycles. The van der Waals surface area contributed by atoms with Crippen LogP contribution in [0.25, 0.3) is 11.0 Å². The number of aryl methyl sites for hydroxylation is 1. The van der Waals surface area contributed by atoms with E-state index in [1.165, 1.54) is 6.26 Å². The molecule has 0 atom stereocenters. The van der Waals surface area contributed by atoms with Gasteiger partial charge in [-0.3, -0.25) is 0 Å². The Balaban J connectivity index is 2.80. The number of hydrogen-bond acceptors (Lipinski definition) is 3. The summed E-state index contributed by atoms with van der Waals surface area (Å²) >= 11 is 0. The molecule has 3 heteroatoms. The average Bonchev–Trinajstić information content (AvgIpc) is 2.50. The third kappa shape index (κ3) is 1.04. The van der Waals surface area contributed by atoms with Gasteiger partial charge in [-0.25, -0.2) is 0 Å². The number of methoxy groups -OCH3 is 1. The molecule has 1 aromatic carbocycles. The summed E-state index contributed by atoms with van der Waals surface area (Å²) in [5.74, 6) is 0.933. The van der Waals surface area contributed by atoms with Crippen LogP contribution in [0.4, 0.5) is 0 Å². The van der Waals surface area contributed by atoms with Crippen LogP contribution in [-0.2, 0) is 0 Å². The van der Waals surface area contributed by atoms with Gasteiger partial charge in [0.2, 0.25) is 0 Å². The molecule has 0 bridgehead atoms. The molecule has 0 saturated heterocycles. The quantitative estimate of drug-likeness (QED) is 0.729. The van der Waals surface area contributed by atoms with Gasteiger partial charge in [0.05, 0.1) is 12.5 Å². The number of hydrogen-bond donors (Lipinski definition) is 1. The van der Waals surface area contributed by atoms with Crippen LogP contribution in [0.3, 0.4) is 0 Å². The largest absolute Gasteiger partial charge is 0.504 e. The fraction of sp³-hybridized carbons (Fsp3) is 0.200. The lowest BCUT2D eigenvalue weighted by Crippen LogP contribution is -1.86. The number of rotatable bonds is 1. The lowest BCUT2D eigenvalue weighted by Gasteiger charge is -2.03. The van der Waals surface area contributed by atoms with Gasteiger partial charge in [0.1, 0.15) is 17.6 Å². The van der Waals surface area contributed by atoms with E-state index in [9.17, 15) is 5.11 Å². The van der Waals surface area contributed by atoms with Crippen LogP contribution in [0, 0.1) is 6.92 Å². The summed E-state index contributed by atoms with van der Waals surface area (Å²) < 4.78 is 10.3. The Kier molecular flexibility index (Phi) is 1.65. The highest BCUT2D eigenvalue weighted by Crippen LogP contribution is 2.33. The second-order valence-electron chi connectivity index (χ2n) is 2.89. The number of fused-ring (bicyclic) bond motifs is 1. The summed E-state index contributed by atoms with van der Waals surface area (Å²) in [6.07, 6.45) is 1.33. The molecule has 1 heterocycles. The van der Waals surface area contributed by atoms with Crippen LogP contribution in [0.1, 0.15) is 5.56 Å². The van der Waals surface area contributed by atoms with Gasteiger partial charge in [-0.2, -0.15) is 0 Å². The van der Waals surface area contributed by atoms with Crippen LogP contribution in [-0.4, -0.2) is 12.2 Å². The van der Waals surface area contributed by atoms with Crippen molar-refractivity contribution in [2.45, 2.75) is 6.92 Å². The zero-order valence-electron chi connectivity index (χ0n) is 7.50. The zero-order valence-corrected chi connectivity index (χ0v) is 7.50. The molecule has 0 aliphatic rings. The summed E-state index contributed by atoms with van der Waals surface area (Å²) in [5.41, 5.74) is 1.58. The number of benzene rings is 1. The maximum atomic E-state index is 9.36. The van der Waals surface area contributed by atoms with Crippen molar-refractivity contribution in [1.29, 1.82) is 0 Å². The summed E-state index contributed by atoms with van der Waals surface area (Å²) in [5, 5.41) is 10.1. The molecule has 0 amide bonds. The molecule has 13 heavy (non-hydrogen) atoms. The molecule has 0 aliphatic carbocycles. The maximum absolute atomic E-state index is 9.36. The highest BCUT2D eigenvalue weighted by atomic mass is 16.5. The Labute approximate surface area is 75.5 Å². The Morgan fingerprint density at radius 1 is 1.38 bits per heavy atom. The lowest BCUT2D eigenvalue weighted by molar-refractivity contribution is 0.411. The van der Waals surface area contributed by atoms with Crippen LogP contribution >= 0.6 is 0 Å². The molecule has 2 rings (SSSR count). The van der Waals surface area contributed by atoms with Crippen molar-refractivity contribution in [3.8, 4) is 11.5 Å². The molecule has 2 aromatic rings. The van der Waals surface area contributed by atoms with Crippen molar-refractivity contribution in [1.82, 2.24) is 0 Å². The van der Waals surface area contributed by atoms with Gasteiger partial charge >= 0.3 is 0 Å². The first kappa shape index (κ1) is 7.98. The Morgan fingerprint density at radius 3 is 2.85 bits per heavy atom. The highest BCUT2D eigenvalue weighted by molar-refractivity contribution is 5.87. The Hall–Kier alpha value is -1.64. The van der Waals surface area contributed by atoms with E-state index < -0.39 is 0 Å². The number of aromatic hydroxyl groups is 1. The predicted octanol–water partition coefficient (Wildman–Crippen LogP) is 2.46. The predicted molar refractivity (Wildman–Crippen MR) is 49.2 cm³/mol. The van der Waals surface area contributed by atoms with Gasteiger partial charge < -0.3 is 14.3 Å². The van der Waals surface area contributed by atoms with Crippen molar-refractivity contribution >= 4 is 11.0 Å². The van der Waals surface area contributed by atoms with Gasteiger partial charge in [-0.1, -0.05) is 0 Å². The summed E-state index contributed by atoms with van der Waals surface area (Å²) in [4.78, 5) is 0. The van der Waals surface area contributed by atoms with E-state index in [0.29, 0.717) is 5.58 Å². The molecule has 0 unspecified atom stereocenters. The molecule has 0 spiro atoms. The number of ether oxygens (including phenoxy) is 1. The monoisotopic (exact) mass is 178 g/mol. The first-order valence-corrected chi connectivity index (χ1v) is 3.98. The zero-order chi connectivity index (χ0) is 9.42. The fourth-order valence-electron chi connectivity index (χ4n) is 1.43. The lowest BCUT2D eigenvalue weighted by atomic mass is 10.1. The first-order valence-electron chi connectivity index (χ1n) is 3.98. The van der Waals surface area contributed by atoms with Gasteiger partial charge in [0, 0.05) is 5.56 Å². The molecular weight excluding hydrogens is 168 g/mol. The molecule has 68 valence electrons. The van der Waals surface area contributed by atoms with Crippen LogP contribution in [0.2, 0.25) is 0 Å². The summed E-state index contributed by atoms with van der Waals surface area (Å²) in [6, 6.07) is 3.59. The smallest absolute Gasteiger partial charge is 0.161 e. The second-order valence-corrected chi connectivity index (χ2v) is 2.89. The minimum Gasteiger partial charge on any atom is -0.504 e. The van der Waals surface area contributed by atoms with E-state index in [4.69, 9.17) is 9.15 Å². The van der Waals surface area contributed by atoms with Crippen molar-refractivity contribution < 1.29 is 14.3 Å². The average molecular weight is 178 g/mol. The summed E-state index contributed by atoms with van der Waals surface area (Å²) in [6.45, 7) is 1.89. The standard InChI is InChI=1S/C10H10O3/c1-6-9(12-2)4-3-7-8(11)5-13-10(6)7/h3-5,11H,1-2H3. The first-order chi connectivity index (χ1) is 6.24. The SMILES string of the molecule is COc1ccc2c(O)coc2c1C. The maximum Gasteiger partial charge on any atom is 0.161 e. The molecular formula is C10H10O3. The Morgan fingerprint density at radius 2 is 2.15 bits per heavy atom. The molecule has 1 N–H and O–H groups in total. The van der Waals surface area contributed by atoms with Crippen molar-refractivity contribution in [3.63, 3.8) is 0 Å². The van der Waals surface area contributed by atoms with Crippen molar-refractivity contribution in [3.05, 3.63) is 24.0 Å².